The molecule has 0 fully saturated rings. The van der Waals surface area contributed by atoms with Gasteiger partial charge in [0.1, 0.15) is 5.52 Å². The lowest BCUT2D eigenvalue weighted by atomic mass is 10.1. The fourth-order valence-electron chi connectivity index (χ4n) is 1.90. The quantitative estimate of drug-likeness (QED) is 0.397. The highest BCUT2D eigenvalue weighted by Crippen LogP contribution is 2.13. The van der Waals surface area contributed by atoms with Gasteiger partial charge in [-0.2, -0.15) is 0 Å². The van der Waals surface area contributed by atoms with Gasteiger partial charge in [0.2, 0.25) is 5.43 Å². The van der Waals surface area contributed by atoms with Gasteiger partial charge in [0.25, 0.3) is 16.3 Å². The fraction of sp³-hybridized carbons (Fsp3) is 0. The lowest BCUT2D eigenvalue weighted by Crippen LogP contribution is -2.46. The minimum absolute atomic E-state index is 0.0942. The molecule has 3 rings (SSSR count). The van der Waals surface area contributed by atoms with E-state index < -0.39 is 21.7 Å². The molecule has 3 aromatic rings. The molecule has 0 radical (unpaired) electrons. The van der Waals surface area contributed by atoms with Crippen LogP contribution in [0, 0.1) is 0 Å². The third-order valence-electron chi connectivity index (χ3n) is 2.80. The Kier molecular flexibility index (Phi) is 1.98. The summed E-state index contributed by atoms with van der Waals surface area (Å²) in [7, 11) is 0. The van der Waals surface area contributed by atoms with Gasteiger partial charge < -0.3 is 0 Å². The Morgan fingerprint density at radius 2 is 1.44 bits per heavy atom. The summed E-state index contributed by atoms with van der Waals surface area (Å²) in [5.74, 6) is 0. The van der Waals surface area contributed by atoms with E-state index >= 15 is 0 Å². The van der Waals surface area contributed by atoms with Gasteiger partial charge in [-0.05, 0) is 12.1 Å². The summed E-state index contributed by atoms with van der Waals surface area (Å²) < 4.78 is 0. The molecule has 5 nitrogen and oxygen atoms in total. The molecule has 0 saturated heterocycles. The lowest BCUT2D eigenvalue weighted by molar-refractivity contribution is 1.35. The highest BCUT2D eigenvalue weighted by Gasteiger charge is 2.14. The Balaban J connectivity index is 2.76. The summed E-state index contributed by atoms with van der Waals surface area (Å²) in [6, 6.07) is 8.26. The van der Waals surface area contributed by atoms with E-state index in [0.29, 0.717) is 10.9 Å². The Bertz CT molecular complexity index is 916. The van der Waals surface area contributed by atoms with Gasteiger partial charge in [-0.25, -0.2) is 4.98 Å². The largest absolute Gasteiger partial charge is 0.285 e. The van der Waals surface area contributed by atoms with Crippen LogP contribution in [0.4, 0.5) is 0 Å². The minimum Gasteiger partial charge on any atom is -0.285 e. The second-order valence-corrected chi connectivity index (χ2v) is 3.89. The van der Waals surface area contributed by atoms with Gasteiger partial charge in [-0.3, -0.25) is 19.2 Å². The number of pyridine rings is 1. The molecule has 0 amide bonds. The molecule has 0 spiro atoms. The molecule has 0 aliphatic heterocycles. The number of benzene rings is 2. The van der Waals surface area contributed by atoms with Crippen LogP contribution in [-0.4, -0.2) is 4.98 Å². The number of hydrogen-bond donors (Lipinski definition) is 0. The highest BCUT2D eigenvalue weighted by molar-refractivity contribution is 5.92. The zero-order valence-corrected chi connectivity index (χ0v) is 8.97. The summed E-state index contributed by atoms with van der Waals surface area (Å²) in [6.07, 6.45) is 0. The molecule has 5 heteroatoms. The first-order chi connectivity index (χ1) is 8.59. The van der Waals surface area contributed by atoms with Crippen molar-refractivity contribution in [2.75, 3.05) is 0 Å². The lowest BCUT2D eigenvalue weighted by Gasteiger charge is -1.98. The zero-order valence-electron chi connectivity index (χ0n) is 8.97. The van der Waals surface area contributed by atoms with Crippen molar-refractivity contribution in [3.63, 3.8) is 0 Å². The molecular formula is C13H5NO4. The average Bonchev–Trinajstić information content (AvgIpc) is 2.41. The Labute approximate surface area is 98.7 Å². The molecule has 0 N–H and O–H groups in total. The summed E-state index contributed by atoms with van der Waals surface area (Å²) in [5, 5.41) is 0.544. The SMILES string of the molecule is O=c1c(=O)c(=O)c2nc3ccccc3cc2c1=O. The topological polar surface area (TPSA) is 81.2 Å². The predicted octanol–water partition coefficient (Wildman–Crippen LogP) is -0.296. The van der Waals surface area contributed by atoms with Crippen LogP contribution in [0.2, 0.25) is 0 Å². The summed E-state index contributed by atoms with van der Waals surface area (Å²) in [4.78, 5) is 49.8. The van der Waals surface area contributed by atoms with Crippen molar-refractivity contribution in [3.05, 3.63) is 71.2 Å². The second-order valence-electron chi connectivity index (χ2n) is 3.89. The molecule has 1 aromatic heterocycles. The molecule has 0 unspecified atom stereocenters. The first-order valence-corrected chi connectivity index (χ1v) is 5.17. The standard InChI is InChI=1S/C13H5NO4/c15-10-7-5-6-3-1-2-4-8(6)14-9(7)11(16)13(18)12(10)17/h1-5H. The molecule has 0 saturated carbocycles. The first-order valence-electron chi connectivity index (χ1n) is 5.17. The van der Waals surface area contributed by atoms with Crippen LogP contribution in [0.25, 0.3) is 21.8 Å². The van der Waals surface area contributed by atoms with Gasteiger partial charge in [-0.1, -0.05) is 18.2 Å². The van der Waals surface area contributed by atoms with Gasteiger partial charge >= 0.3 is 0 Å². The van der Waals surface area contributed by atoms with E-state index in [1.54, 1.807) is 24.3 Å². The first kappa shape index (κ1) is 10.5. The van der Waals surface area contributed by atoms with Crippen LogP contribution >= 0.6 is 0 Å². The van der Waals surface area contributed by atoms with Crippen molar-refractivity contribution in [1.82, 2.24) is 4.98 Å². The number of fused-ring (bicyclic) bond motifs is 2. The molecule has 1 heterocycles. The number of aromatic nitrogens is 1. The van der Waals surface area contributed by atoms with Crippen molar-refractivity contribution in [1.29, 1.82) is 0 Å². The maximum Gasteiger partial charge on any atom is 0.279 e. The molecule has 0 bridgehead atoms. The van der Waals surface area contributed by atoms with E-state index in [-0.39, 0.29) is 10.9 Å². The van der Waals surface area contributed by atoms with Crippen molar-refractivity contribution in [3.8, 4) is 0 Å². The molecular weight excluding hydrogens is 234 g/mol. The second kappa shape index (κ2) is 3.40. The smallest absolute Gasteiger partial charge is 0.279 e. The van der Waals surface area contributed by atoms with Crippen LogP contribution in [0.15, 0.2) is 49.5 Å². The maximum atomic E-state index is 11.7. The van der Waals surface area contributed by atoms with Crippen LogP contribution in [0.5, 0.6) is 0 Å². The van der Waals surface area contributed by atoms with Crippen molar-refractivity contribution < 1.29 is 0 Å². The average molecular weight is 239 g/mol. The number of rotatable bonds is 0. The highest BCUT2D eigenvalue weighted by atomic mass is 16.2. The van der Waals surface area contributed by atoms with E-state index in [9.17, 15) is 19.2 Å². The minimum atomic E-state index is -1.31. The number of hydrogen-bond acceptors (Lipinski definition) is 5. The monoisotopic (exact) mass is 239 g/mol. The third-order valence-corrected chi connectivity index (χ3v) is 2.80. The normalized spacial score (nSPS) is 11.1. The fourth-order valence-corrected chi connectivity index (χ4v) is 1.90. The van der Waals surface area contributed by atoms with E-state index in [0.717, 1.165) is 0 Å². The summed E-state index contributed by atoms with van der Waals surface area (Å²) in [5.41, 5.74) is -4.31. The molecule has 0 atom stereocenters. The van der Waals surface area contributed by atoms with Gasteiger partial charge in [0.05, 0.1) is 10.9 Å². The third kappa shape index (κ3) is 1.24. The Hall–Kier alpha value is -2.69. The number of para-hydroxylation sites is 1. The maximum absolute atomic E-state index is 11.7. The number of nitrogens with zero attached hydrogens (tertiary/aromatic N) is 1. The van der Waals surface area contributed by atoms with Crippen molar-refractivity contribution in [2.45, 2.75) is 0 Å². The van der Waals surface area contributed by atoms with Crippen molar-refractivity contribution >= 4 is 21.8 Å². The molecule has 2 aromatic carbocycles. The van der Waals surface area contributed by atoms with Crippen LogP contribution < -0.4 is 21.7 Å². The van der Waals surface area contributed by atoms with Gasteiger partial charge in [-0.15, -0.1) is 0 Å². The molecule has 86 valence electrons. The van der Waals surface area contributed by atoms with Gasteiger partial charge in [0, 0.05) is 5.39 Å². The van der Waals surface area contributed by atoms with Gasteiger partial charge in [0.15, 0.2) is 0 Å². The molecule has 18 heavy (non-hydrogen) atoms. The summed E-state index contributed by atoms with van der Waals surface area (Å²) >= 11 is 0. The van der Waals surface area contributed by atoms with E-state index in [2.05, 4.69) is 4.98 Å². The van der Waals surface area contributed by atoms with Crippen molar-refractivity contribution in [2.24, 2.45) is 0 Å². The van der Waals surface area contributed by atoms with E-state index in [1.807, 2.05) is 0 Å². The molecule has 0 aliphatic rings. The van der Waals surface area contributed by atoms with Crippen LogP contribution in [0.1, 0.15) is 0 Å². The zero-order chi connectivity index (χ0) is 12.9. The Morgan fingerprint density at radius 3 is 2.22 bits per heavy atom. The molecule has 0 aliphatic carbocycles. The van der Waals surface area contributed by atoms with E-state index in [4.69, 9.17) is 0 Å². The van der Waals surface area contributed by atoms with E-state index in [1.165, 1.54) is 6.07 Å². The summed E-state index contributed by atoms with van der Waals surface area (Å²) in [6.45, 7) is 0. The van der Waals surface area contributed by atoms with Crippen LogP contribution in [-0.2, 0) is 0 Å². The Morgan fingerprint density at radius 1 is 0.778 bits per heavy atom. The predicted molar refractivity (Wildman–Crippen MR) is 66.7 cm³/mol. The van der Waals surface area contributed by atoms with Crippen LogP contribution in [0.3, 0.4) is 0 Å².